The van der Waals surface area contributed by atoms with E-state index in [4.69, 9.17) is 5.11 Å². The second kappa shape index (κ2) is 7.28. The molecule has 1 aliphatic heterocycles. The highest BCUT2D eigenvalue weighted by Crippen LogP contribution is 2.29. The van der Waals surface area contributed by atoms with Crippen LogP contribution >= 0.6 is 0 Å². The molecule has 0 bridgehead atoms. The first-order valence-corrected chi connectivity index (χ1v) is 7.34. The van der Waals surface area contributed by atoms with Crippen molar-refractivity contribution in [3.05, 3.63) is 0 Å². The third-order valence-corrected chi connectivity index (χ3v) is 3.92. The molecule has 0 saturated carbocycles. The Bertz CT molecular complexity index is 413. The van der Waals surface area contributed by atoms with E-state index in [1.165, 1.54) is 4.90 Å². The summed E-state index contributed by atoms with van der Waals surface area (Å²) >= 11 is 0. The molecule has 7 heteroatoms. The minimum atomic E-state index is -0.884. The summed E-state index contributed by atoms with van der Waals surface area (Å²) in [4.78, 5) is 36.1. The maximum Gasteiger partial charge on any atom is 0.317 e. The number of amides is 3. The number of rotatable bonds is 6. The predicted molar refractivity (Wildman–Crippen MR) is 77.8 cm³/mol. The van der Waals surface area contributed by atoms with Gasteiger partial charge >= 0.3 is 12.0 Å². The van der Waals surface area contributed by atoms with Crippen molar-refractivity contribution in [3.8, 4) is 0 Å². The number of urea groups is 1. The van der Waals surface area contributed by atoms with Crippen LogP contribution in [0.5, 0.6) is 0 Å². The lowest BCUT2D eigenvalue weighted by Crippen LogP contribution is -2.42. The van der Waals surface area contributed by atoms with Gasteiger partial charge in [0.05, 0.1) is 5.41 Å². The summed E-state index contributed by atoms with van der Waals surface area (Å²) in [7, 11) is 0. The van der Waals surface area contributed by atoms with Gasteiger partial charge in [-0.05, 0) is 26.7 Å². The molecule has 0 radical (unpaired) electrons. The number of hydrogen-bond donors (Lipinski definition) is 3. The summed E-state index contributed by atoms with van der Waals surface area (Å²) in [6.45, 7) is 6.43. The number of carboxylic acid groups (broad SMARTS) is 1. The number of hydrogen-bond acceptors (Lipinski definition) is 3. The molecule has 120 valence electrons. The average molecular weight is 299 g/mol. The molecule has 3 amide bonds. The maximum absolute atomic E-state index is 11.9. The number of carbonyl (C=O) groups is 3. The van der Waals surface area contributed by atoms with Gasteiger partial charge in [-0.3, -0.25) is 9.59 Å². The molecular formula is C14H25N3O4. The molecule has 1 rings (SSSR count). The topological polar surface area (TPSA) is 98.7 Å². The van der Waals surface area contributed by atoms with Gasteiger partial charge in [-0.15, -0.1) is 0 Å². The van der Waals surface area contributed by atoms with Gasteiger partial charge in [0.15, 0.2) is 0 Å². The minimum absolute atomic E-state index is 0.0959. The smallest absolute Gasteiger partial charge is 0.317 e. The van der Waals surface area contributed by atoms with Crippen molar-refractivity contribution >= 4 is 17.9 Å². The van der Waals surface area contributed by atoms with E-state index in [9.17, 15) is 14.4 Å². The fourth-order valence-electron chi connectivity index (χ4n) is 2.15. The third kappa shape index (κ3) is 4.91. The number of likely N-dealkylation sites (tertiary alicyclic amines) is 1. The molecule has 1 aliphatic rings. The molecule has 0 aromatic heterocycles. The Balaban J connectivity index is 2.29. The monoisotopic (exact) mass is 299 g/mol. The molecule has 21 heavy (non-hydrogen) atoms. The quantitative estimate of drug-likeness (QED) is 0.675. The fourth-order valence-corrected chi connectivity index (χ4v) is 2.15. The minimum Gasteiger partial charge on any atom is -0.481 e. The first kappa shape index (κ1) is 17.3. The van der Waals surface area contributed by atoms with E-state index in [1.54, 1.807) is 6.92 Å². The first-order chi connectivity index (χ1) is 9.78. The van der Waals surface area contributed by atoms with E-state index in [0.29, 0.717) is 13.0 Å². The molecule has 1 saturated heterocycles. The van der Waals surface area contributed by atoms with Crippen molar-refractivity contribution in [1.29, 1.82) is 0 Å². The van der Waals surface area contributed by atoms with Crippen LogP contribution in [0, 0.1) is 5.41 Å². The van der Waals surface area contributed by atoms with Crippen molar-refractivity contribution in [2.24, 2.45) is 5.41 Å². The predicted octanol–water partition coefficient (Wildman–Crippen LogP) is 0.797. The lowest BCUT2D eigenvalue weighted by Gasteiger charge is -2.20. The SMILES string of the molecule is CCC(C)NC(=O)CCNC(=O)N1CCC(C)(C(=O)O)C1. The highest BCUT2D eigenvalue weighted by molar-refractivity contribution is 5.80. The van der Waals surface area contributed by atoms with Crippen LogP contribution in [-0.2, 0) is 9.59 Å². The standard InChI is InChI=1S/C14H25N3O4/c1-4-10(2)16-11(18)5-7-15-13(21)17-8-6-14(3,9-17)12(19)20/h10H,4-9H2,1-3H3,(H,15,21)(H,16,18)(H,19,20). The number of carboxylic acids is 1. The molecule has 2 unspecified atom stereocenters. The first-order valence-electron chi connectivity index (χ1n) is 7.34. The fraction of sp³-hybridized carbons (Fsp3) is 0.786. The number of nitrogens with zero attached hydrogens (tertiary/aromatic N) is 1. The zero-order valence-corrected chi connectivity index (χ0v) is 12.9. The summed E-state index contributed by atoms with van der Waals surface area (Å²) in [6.07, 6.45) is 1.53. The van der Waals surface area contributed by atoms with E-state index < -0.39 is 11.4 Å². The molecule has 2 atom stereocenters. The van der Waals surface area contributed by atoms with Gasteiger partial charge in [0.25, 0.3) is 0 Å². The van der Waals surface area contributed by atoms with Gasteiger partial charge in [0.2, 0.25) is 5.91 Å². The molecular weight excluding hydrogens is 274 g/mol. The Morgan fingerprint density at radius 3 is 2.57 bits per heavy atom. The summed E-state index contributed by atoms with van der Waals surface area (Å²) < 4.78 is 0. The zero-order valence-electron chi connectivity index (χ0n) is 12.9. The van der Waals surface area contributed by atoms with Crippen LogP contribution in [0.4, 0.5) is 4.79 Å². The van der Waals surface area contributed by atoms with Crippen molar-refractivity contribution < 1.29 is 19.5 Å². The van der Waals surface area contributed by atoms with Crippen LogP contribution in [0.1, 0.15) is 40.0 Å². The molecule has 3 N–H and O–H groups in total. The van der Waals surface area contributed by atoms with Crippen molar-refractivity contribution in [2.75, 3.05) is 19.6 Å². The summed E-state index contributed by atoms with van der Waals surface area (Å²) in [6, 6.07) is -0.181. The normalized spacial score (nSPS) is 22.7. The largest absolute Gasteiger partial charge is 0.481 e. The van der Waals surface area contributed by atoms with Crippen molar-refractivity contribution in [1.82, 2.24) is 15.5 Å². The Hall–Kier alpha value is -1.79. The van der Waals surface area contributed by atoms with Crippen LogP contribution in [0.3, 0.4) is 0 Å². The van der Waals surface area contributed by atoms with E-state index in [1.807, 2.05) is 13.8 Å². The van der Waals surface area contributed by atoms with Gasteiger partial charge in [0.1, 0.15) is 0 Å². The lowest BCUT2D eigenvalue weighted by molar-refractivity contribution is -0.147. The van der Waals surface area contributed by atoms with Gasteiger partial charge in [-0.2, -0.15) is 0 Å². The van der Waals surface area contributed by atoms with Gasteiger partial charge in [-0.1, -0.05) is 6.92 Å². The van der Waals surface area contributed by atoms with Crippen LogP contribution in [-0.4, -0.2) is 53.6 Å². The van der Waals surface area contributed by atoms with Gasteiger partial charge in [0, 0.05) is 32.1 Å². The van der Waals surface area contributed by atoms with Crippen LogP contribution in [0.2, 0.25) is 0 Å². The van der Waals surface area contributed by atoms with E-state index >= 15 is 0 Å². The molecule has 1 heterocycles. The van der Waals surface area contributed by atoms with Crippen molar-refractivity contribution in [3.63, 3.8) is 0 Å². The lowest BCUT2D eigenvalue weighted by atomic mass is 9.90. The van der Waals surface area contributed by atoms with Crippen LogP contribution in [0.25, 0.3) is 0 Å². The Morgan fingerprint density at radius 2 is 2.05 bits per heavy atom. The van der Waals surface area contributed by atoms with Gasteiger partial charge < -0.3 is 20.6 Å². The Morgan fingerprint density at radius 1 is 1.38 bits per heavy atom. The van der Waals surface area contributed by atoms with Crippen LogP contribution < -0.4 is 10.6 Å². The summed E-state index contributed by atoms with van der Waals surface area (Å²) in [5.74, 6) is -0.979. The van der Waals surface area contributed by atoms with E-state index in [0.717, 1.165) is 6.42 Å². The van der Waals surface area contributed by atoms with E-state index in [2.05, 4.69) is 10.6 Å². The van der Waals surface area contributed by atoms with Crippen LogP contribution in [0.15, 0.2) is 0 Å². The number of nitrogens with one attached hydrogen (secondary N) is 2. The van der Waals surface area contributed by atoms with E-state index in [-0.39, 0.29) is 37.5 Å². The Kier molecular flexibility index (Phi) is 5.99. The average Bonchev–Trinajstić information content (AvgIpc) is 2.82. The molecule has 0 aliphatic carbocycles. The summed E-state index contributed by atoms with van der Waals surface area (Å²) in [5, 5.41) is 14.6. The molecule has 7 nitrogen and oxygen atoms in total. The molecule has 1 fully saturated rings. The second-order valence-electron chi connectivity index (χ2n) is 5.90. The van der Waals surface area contributed by atoms with Gasteiger partial charge in [-0.25, -0.2) is 4.79 Å². The second-order valence-corrected chi connectivity index (χ2v) is 5.90. The maximum atomic E-state index is 11.9. The zero-order chi connectivity index (χ0) is 16.0. The third-order valence-electron chi connectivity index (χ3n) is 3.92. The highest BCUT2D eigenvalue weighted by Gasteiger charge is 2.42. The van der Waals surface area contributed by atoms with Crippen molar-refractivity contribution in [2.45, 2.75) is 46.1 Å². The molecule has 0 aromatic rings. The summed E-state index contributed by atoms with van der Waals surface area (Å²) in [5.41, 5.74) is -0.870. The molecule has 0 aromatic carbocycles. The number of aliphatic carboxylic acids is 1. The Labute approximate surface area is 125 Å². The number of carbonyl (C=O) groups excluding carboxylic acids is 2. The molecule has 0 spiro atoms. The highest BCUT2D eigenvalue weighted by atomic mass is 16.4.